The van der Waals surface area contributed by atoms with E-state index < -0.39 is 0 Å². The van der Waals surface area contributed by atoms with Crippen LogP contribution in [0.15, 0.2) is 12.7 Å². The van der Waals surface area contributed by atoms with E-state index in [1.165, 1.54) is 12.5 Å². The van der Waals surface area contributed by atoms with Crippen molar-refractivity contribution in [3.8, 4) is 0 Å². The van der Waals surface area contributed by atoms with Gasteiger partial charge in [-0.05, 0) is 24.8 Å². The summed E-state index contributed by atoms with van der Waals surface area (Å²) in [5.74, 6) is 0.862. The molecule has 1 heterocycles. The van der Waals surface area contributed by atoms with Crippen LogP contribution in [0.25, 0.3) is 0 Å². The maximum Gasteiger partial charge on any atom is 0.245 e. The molecular weight excluding hydrogens is 222 g/mol. The van der Waals surface area contributed by atoms with Crippen LogP contribution in [0.3, 0.4) is 0 Å². The summed E-state index contributed by atoms with van der Waals surface area (Å²) in [4.78, 5) is 12.9. The topological polar surface area (TPSA) is 20.3 Å². The molecule has 1 aliphatic heterocycles. The predicted molar refractivity (Wildman–Crippen MR) is 83.8 cm³/mol. The van der Waals surface area contributed by atoms with Gasteiger partial charge >= 0.3 is 0 Å². The Morgan fingerprint density at radius 1 is 1.17 bits per heavy atom. The van der Waals surface area contributed by atoms with Crippen LogP contribution in [0.2, 0.25) is 0 Å². The molecule has 0 unspecified atom stereocenters. The quantitative estimate of drug-likeness (QED) is 0.612. The van der Waals surface area contributed by atoms with Crippen molar-refractivity contribution in [1.82, 2.24) is 4.90 Å². The second-order valence-electron chi connectivity index (χ2n) is 3.92. The molecule has 0 bridgehead atoms. The van der Waals surface area contributed by atoms with Crippen LogP contribution in [0.1, 0.15) is 67.7 Å². The Labute approximate surface area is 115 Å². The monoisotopic (exact) mass is 257 g/mol. The number of rotatable bonds is 1. The van der Waals surface area contributed by atoms with Gasteiger partial charge in [0.05, 0.1) is 0 Å². The van der Waals surface area contributed by atoms with Crippen molar-refractivity contribution in [2.75, 3.05) is 13.1 Å². The van der Waals surface area contributed by atoms with Crippen molar-refractivity contribution in [2.24, 2.45) is 5.92 Å². The van der Waals surface area contributed by atoms with E-state index >= 15 is 0 Å². The average Bonchev–Trinajstić information content (AvgIpc) is 2.44. The Bertz CT molecular complexity index is 170. The molecule has 0 N–H and O–H groups in total. The fourth-order valence-electron chi connectivity index (χ4n) is 1.36. The highest BCUT2D eigenvalue weighted by Crippen LogP contribution is 2.15. The van der Waals surface area contributed by atoms with E-state index in [1.54, 1.807) is 0 Å². The maximum atomic E-state index is 11.1. The second-order valence-corrected chi connectivity index (χ2v) is 3.92. The van der Waals surface area contributed by atoms with Gasteiger partial charge in [-0.25, -0.2) is 0 Å². The maximum absolute atomic E-state index is 11.1. The molecule has 0 aromatic rings. The smallest absolute Gasteiger partial charge is 0.245 e. The molecule has 110 valence electrons. The molecule has 0 spiro atoms. The summed E-state index contributed by atoms with van der Waals surface area (Å²) in [6.07, 6.45) is 4.93. The van der Waals surface area contributed by atoms with E-state index in [0.29, 0.717) is 0 Å². The third kappa shape index (κ3) is 13.3. The Morgan fingerprint density at radius 2 is 1.50 bits per heavy atom. The van der Waals surface area contributed by atoms with Gasteiger partial charge in [0, 0.05) is 13.1 Å². The lowest BCUT2D eigenvalue weighted by Gasteiger charge is -2.29. The third-order valence-corrected chi connectivity index (χ3v) is 2.27. The van der Waals surface area contributed by atoms with Crippen LogP contribution >= 0.6 is 0 Å². The molecule has 18 heavy (non-hydrogen) atoms. The largest absolute Gasteiger partial charge is 0.339 e. The second kappa shape index (κ2) is 18.6. The van der Waals surface area contributed by atoms with E-state index in [0.717, 1.165) is 31.8 Å². The van der Waals surface area contributed by atoms with Crippen molar-refractivity contribution < 1.29 is 4.79 Å². The molecule has 0 aliphatic carbocycles. The van der Waals surface area contributed by atoms with Gasteiger partial charge in [-0.3, -0.25) is 4.79 Å². The van der Waals surface area contributed by atoms with Crippen molar-refractivity contribution in [3.05, 3.63) is 12.7 Å². The minimum Gasteiger partial charge on any atom is -0.339 e. The highest BCUT2D eigenvalue weighted by Gasteiger charge is 2.17. The summed E-state index contributed by atoms with van der Waals surface area (Å²) in [5, 5.41) is 0. The average molecular weight is 257 g/mol. The first-order valence-corrected chi connectivity index (χ1v) is 7.57. The molecule has 1 amide bonds. The molecule has 0 aromatic carbocycles. The predicted octanol–water partition coefficient (Wildman–Crippen LogP) is 4.90. The Kier molecular flexibility index (Phi) is 23.1. The van der Waals surface area contributed by atoms with Gasteiger partial charge in [0.15, 0.2) is 0 Å². The minimum absolute atomic E-state index is 0.0805. The van der Waals surface area contributed by atoms with Gasteiger partial charge in [-0.15, -0.1) is 0 Å². The zero-order valence-electron chi connectivity index (χ0n) is 13.8. The number of amides is 1. The van der Waals surface area contributed by atoms with Crippen LogP contribution in [0.4, 0.5) is 0 Å². The number of piperidine rings is 1. The van der Waals surface area contributed by atoms with E-state index in [2.05, 4.69) is 27.4 Å². The van der Waals surface area contributed by atoms with Gasteiger partial charge in [0.2, 0.25) is 5.91 Å². The number of hydrogen-bond donors (Lipinski definition) is 0. The van der Waals surface area contributed by atoms with E-state index in [4.69, 9.17) is 0 Å². The number of carbonyl (C=O) groups excluding carboxylic acids is 1. The molecule has 0 aromatic heterocycles. The molecule has 1 aliphatic rings. The third-order valence-electron chi connectivity index (χ3n) is 2.27. The molecule has 2 heteroatoms. The molecule has 1 saturated heterocycles. The normalized spacial score (nSPS) is 13.8. The fourth-order valence-corrected chi connectivity index (χ4v) is 1.36. The minimum atomic E-state index is 0.0805. The van der Waals surface area contributed by atoms with Crippen LogP contribution < -0.4 is 0 Å². The Balaban J connectivity index is -0.000000274. The lowest BCUT2D eigenvalue weighted by Crippen LogP contribution is -2.36. The first-order valence-electron chi connectivity index (χ1n) is 7.57. The summed E-state index contributed by atoms with van der Waals surface area (Å²) in [6.45, 7) is 19.8. The van der Waals surface area contributed by atoms with Crippen LogP contribution in [0, 0.1) is 5.92 Å². The van der Waals surface area contributed by atoms with E-state index in [1.807, 2.05) is 32.6 Å². The van der Waals surface area contributed by atoms with Crippen LogP contribution in [-0.2, 0) is 4.79 Å². The standard InChI is InChI=1S/C9H15NO.C3H8.2C2H6/c1-3-9(11)10-6-4-8(2)5-7-10;1-3-2;2*1-2/h3,8H,1,4-7H2,2H3;3H2,1-2H3;2*1-2H3. The summed E-state index contributed by atoms with van der Waals surface area (Å²) in [5.41, 5.74) is 0. The van der Waals surface area contributed by atoms with Crippen molar-refractivity contribution in [2.45, 2.75) is 67.7 Å². The number of likely N-dealkylation sites (tertiary alicyclic amines) is 1. The Hall–Kier alpha value is -0.790. The molecule has 0 radical (unpaired) electrons. The SMILES string of the molecule is C=CC(=O)N1CCC(C)CC1.CC.CC.CCC. The number of nitrogens with zero attached hydrogens (tertiary/aromatic N) is 1. The lowest BCUT2D eigenvalue weighted by molar-refractivity contribution is -0.127. The molecule has 1 rings (SSSR count). The first-order chi connectivity index (χ1) is 8.65. The molecule has 1 fully saturated rings. The lowest BCUT2D eigenvalue weighted by atomic mass is 9.99. The first kappa shape index (κ1) is 22.4. The van der Waals surface area contributed by atoms with Crippen molar-refractivity contribution in [3.63, 3.8) is 0 Å². The van der Waals surface area contributed by atoms with Gasteiger partial charge in [-0.2, -0.15) is 0 Å². The van der Waals surface area contributed by atoms with Gasteiger partial charge < -0.3 is 4.90 Å². The van der Waals surface area contributed by atoms with Gasteiger partial charge in [0.1, 0.15) is 0 Å². The molecule has 2 nitrogen and oxygen atoms in total. The van der Waals surface area contributed by atoms with E-state index in [-0.39, 0.29) is 5.91 Å². The summed E-state index contributed by atoms with van der Waals surface area (Å²) in [6, 6.07) is 0. The number of hydrogen-bond acceptors (Lipinski definition) is 1. The Morgan fingerprint density at radius 3 is 1.78 bits per heavy atom. The fraction of sp³-hybridized carbons (Fsp3) is 0.812. The zero-order chi connectivity index (χ0) is 15.0. The van der Waals surface area contributed by atoms with Gasteiger partial charge in [-0.1, -0.05) is 61.5 Å². The summed E-state index contributed by atoms with van der Waals surface area (Å²) >= 11 is 0. The van der Waals surface area contributed by atoms with Crippen molar-refractivity contribution >= 4 is 5.91 Å². The summed E-state index contributed by atoms with van der Waals surface area (Å²) in [7, 11) is 0. The van der Waals surface area contributed by atoms with E-state index in [9.17, 15) is 4.79 Å². The highest BCUT2D eigenvalue weighted by atomic mass is 16.2. The molecule has 0 saturated carbocycles. The molecule has 0 atom stereocenters. The van der Waals surface area contributed by atoms with Crippen molar-refractivity contribution in [1.29, 1.82) is 0 Å². The summed E-state index contributed by atoms with van der Waals surface area (Å²) < 4.78 is 0. The number of carbonyl (C=O) groups is 1. The van der Waals surface area contributed by atoms with Crippen LogP contribution in [-0.4, -0.2) is 23.9 Å². The molecular formula is C16H35NO. The van der Waals surface area contributed by atoms with Crippen LogP contribution in [0.5, 0.6) is 0 Å². The zero-order valence-corrected chi connectivity index (χ0v) is 13.8. The van der Waals surface area contributed by atoms with Gasteiger partial charge in [0.25, 0.3) is 0 Å². The highest BCUT2D eigenvalue weighted by molar-refractivity contribution is 5.87.